The number of hydrogen-bond donors (Lipinski definition) is 1. The van der Waals surface area contributed by atoms with Gasteiger partial charge in [0.25, 0.3) is 6.43 Å². The summed E-state index contributed by atoms with van der Waals surface area (Å²) in [6, 6.07) is 0. The molecular formula is C6H6F2N2O2. The van der Waals surface area contributed by atoms with Crippen molar-refractivity contribution in [3.8, 4) is 0 Å². The lowest BCUT2D eigenvalue weighted by Gasteiger charge is -2.02. The molecule has 0 spiro atoms. The molecule has 0 radical (unpaired) electrons. The molecule has 66 valence electrons. The third-order valence-electron chi connectivity index (χ3n) is 1.24. The normalized spacial score (nSPS) is 10.6. The SMILES string of the molecule is O=C(O)c1nccn1CC(F)F. The molecule has 0 aliphatic heterocycles. The first-order valence-electron chi connectivity index (χ1n) is 3.14. The fraction of sp³-hybridized carbons (Fsp3) is 0.333. The number of imidazole rings is 1. The highest BCUT2D eigenvalue weighted by atomic mass is 19.3. The molecule has 0 aliphatic carbocycles. The standard InChI is InChI=1S/C6H6F2N2O2/c7-4(8)3-10-2-1-9-5(10)6(11)12/h1-2,4H,3H2,(H,11,12). The first-order valence-corrected chi connectivity index (χ1v) is 3.14. The Labute approximate surface area is 66.5 Å². The molecule has 0 saturated heterocycles. The van der Waals surface area contributed by atoms with Gasteiger partial charge in [-0.2, -0.15) is 0 Å². The van der Waals surface area contributed by atoms with Crippen LogP contribution in [0, 0.1) is 0 Å². The van der Waals surface area contributed by atoms with Crippen LogP contribution < -0.4 is 0 Å². The lowest BCUT2D eigenvalue weighted by atomic mass is 10.5. The monoisotopic (exact) mass is 176 g/mol. The van der Waals surface area contributed by atoms with Crippen molar-refractivity contribution in [3.05, 3.63) is 18.2 Å². The molecule has 1 heterocycles. The molecule has 0 saturated carbocycles. The number of hydrogen-bond acceptors (Lipinski definition) is 2. The van der Waals surface area contributed by atoms with Crippen molar-refractivity contribution < 1.29 is 18.7 Å². The van der Waals surface area contributed by atoms with Crippen molar-refractivity contribution in [2.75, 3.05) is 0 Å². The first-order chi connectivity index (χ1) is 5.61. The zero-order valence-electron chi connectivity index (χ0n) is 5.94. The number of alkyl halides is 2. The smallest absolute Gasteiger partial charge is 0.372 e. The highest BCUT2D eigenvalue weighted by Crippen LogP contribution is 2.02. The molecular weight excluding hydrogens is 170 g/mol. The van der Waals surface area contributed by atoms with Gasteiger partial charge in [0.2, 0.25) is 5.82 Å². The molecule has 1 aromatic rings. The Hall–Kier alpha value is -1.46. The summed E-state index contributed by atoms with van der Waals surface area (Å²) in [4.78, 5) is 13.7. The van der Waals surface area contributed by atoms with Crippen LogP contribution in [-0.2, 0) is 6.54 Å². The third kappa shape index (κ3) is 1.77. The summed E-state index contributed by atoms with van der Waals surface area (Å²) in [7, 11) is 0. The number of rotatable bonds is 3. The van der Waals surface area contributed by atoms with Gasteiger partial charge in [-0.05, 0) is 0 Å². The molecule has 1 N–H and O–H groups in total. The fourth-order valence-electron chi connectivity index (χ4n) is 0.803. The van der Waals surface area contributed by atoms with Crippen molar-refractivity contribution in [1.82, 2.24) is 9.55 Å². The molecule has 0 bridgehead atoms. The Morgan fingerprint density at radius 1 is 1.75 bits per heavy atom. The number of carbonyl (C=O) groups is 1. The van der Waals surface area contributed by atoms with Crippen LogP contribution in [0.2, 0.25) is 0 Å². The van der Waals surface area contributed by atoms with E-state index < -0.39 is 18.9 Å². The van der Waals surface area contributed by atoms with Gasteiger partial charge < -0.3 is 9.67 Å². The lowest BCUT2D eigenvalue weighted by molar-refractivity contribution is 0.0668. The quantitative estimate of drug-likeness (QED) is 0.742. The van der Waals surface area contributed by atoms with Crippen LogP contribution >= 0.6 is 0 Å². The van der Waals surface area contributed by atoms with Crippen molar-refractivity contribution in [3.63, 3.8) is 0 Å². The van der Waals surface area contributed by atoms with Crippen LogP contribution in [0.25, 0.3) is 0 Å². The molecule has 6 heteroatoms. The number of aromatic nitrogens is 2. The average Bonchev–Trinajstić information content (AvgIpc) is 2.33. The van der Waals surface area contributed by atoms with Crippen molar-refractivity contribution >= 4 is 5.97 Å². The van der Waals surface area contributed by atoms with E-state index in [0.717, 1.165) is 4.57 Å². The molecule has 1 rings (SSSR count). The Morgan fingerprint density at radius 3 is 2.92 bits per heavy atom. The summed E-state index contributed by atoms with van der Waals surface area (Å²) in [5, 5.41) is 8.44. The highest BCUT2D eigenvalue weighted by Gasteiger charge is 2.13. The van der Waals surface area contributed by atoms with Crippen LogP contribution in [0.3, 0.4) is 0 Å². The molecule has 0 aromatic carbocycles. The van der Waals surface area contributed by atoms with E-state index in [1.54, 1.807) is 0 Å². The number of halogens is 2. The number of carboxylic acids is 1. The number of aromatic carboxylic acids is 1. The molecule has 0 atom stereocenters. The number of carboxylic acid groups (broad SMARTS) is 1. The zero-order valence-corrected chi connectivity index (χ0v) is 5.94. The van der Waals surface area contributed by atoms with Crippen LogP contribution in [-0.4, -0.2) is 27.1 Å². The first kappa shape index (κ1) is 8.63. The fourth-order valence-corrected chi connectivity index (χ4v) is 0.803. The van der Waals surface area contributed by atoms with Gasteiger partial charge in [-0.1, -0.05) is 0 Å². The van der Waals surface area contributed by atoms with Crippen LogP contribution in [0.4, 0.5) is 8.78 Å². The van der Waals surface area contributed by atoms with E-state index in [1.807, 2.05) is 0 Å². The summed E-state index contributed by atoms with van der Waals surface area (Å²) in [6.07, 6.45) is -0.196. The molecule has 0 aliphatic rings. The maximum atomic E-state index is 11.8. The average molecular weight is 176 g/mol. The minimum Gasteiger partial charge on any atom is -0.475 e. The van der Waals surface area contributed by atoms with Gasteiger partial charge >= 0.3 is 5.97 Å². The maximum Gasteiger partial charge on any atom is 0.372 e. The second kappa shape index (κ2) is 3.29. The molecule has 1 aromatic heterocycles. The minimum absolute atomic E-state index is 0.365. The lowest BCUT2D eigenvalue weighted by Crippen LogP contribution is -2.13. The van der Waals surface area contributed by atoms with E-state index >= 15 is 0 Å². The molecule has 12 heavy (non-hydrogen) atoms. The predicted octanol–water partition coefficient (Wildman–Crippen LogP) is 0.846. The summed E-state index contributed by atoms with van der Waals surface area (Å²) < 4.78 is 24.5. The summed E-state index contributed by atoms with van der Waals surface area (Å²) in [6.45, 7) is -0.637. The van der Waals surface area contributed by atoms with E-state index in [0.29, 0.717) is 0 Å². The maximum absolute atomic E-state index is 11.8. The van der Waals surface area contributed by atoms with E-state index in [9.17, 15) is 13.6 Å². The Balaban J connectivity index is 2.84. The van der Waals surface area contributed by atoms with Gasteiger partial charge in [-0.25, -0.2) is 18.6 Å². The summed E-state index contributed by atoms with van der Waals surface area (Å²) >= 11 is 0. The van der Waals surface area contributed by atoms with Crippen LogP contribution in [0.15, 0.2) is 12.4 Å². The summed E-state index contributed by atoms with van der Waals surface area (Å²) in [5.41, 5.74) is 0. The van der Waals surface area contributed by atoms with Crippen molar-refractivity contribution in [2.45, 2.75) is 13.0 Å². The summed E-state index contributed by atoms with van der Waals surface area (Å²) in [5.74, 6) is -1.67. The largest absolute Gasteiger partial charge is 0.475 e. The van der Waals surface area contributed by atoms with Gasteiger partial charge in [-0.3, -0.25) is 0 Å². The minimum atomic E-state index is -2.57. The second-order valence-corrected chi connectivity index (χ2v) is 2.10. The van der Waals surface area contributed by atoms with Crippen molar-refractivity contribution in [2.24, 2.45) is 0 Å². The van der Waals surface area contributed by atoms with E-state index in [1.165, 1.54) is 12.4 Å². The topological polar surface area (TPSA) is 55.1 Å². The third-order valence-corrected chi connectivity index (χ3v) is 1.24. The Morgan fingerprint density at radius 2 is 2.42 bits per heavy atom. The molecule has 0 unspecified atom stereocenters. The van der Waals surface area contributed by atoms with Gasteiger partial charge in [0.15, 0.2) is 0 Å². The van der Waals surface area contributed by atoms with Gasteiger partial charge in [-0.15, -0.1) is 0 Å². The molecule has 0 amide bonds. The Bertz CT molecular complexity index is 285. The van der Waals surface area contributed by atoms with Gasteiger partial charge in [0, 0.05) is 12.4 Å². The van der Waals surface area contributed by atoms with Crippen LogP contribution in [0.1, 0.15) is 10.6 Å². The van der Waals surface area contributed by atoms with E-state index in [-0.39, 0.29) is 5.82 Å². The van der Waals surface area contributed by atoms with Crippen LogP contribution in [0.5, 0.6) is 0 Å². The molecule has 4 nitrogen and oxygen atoms in total. The van der Waals surface area contributed by atoms with Gasteiger partial charge in [0.1, 0.15) is 0 Å². The van der Waals surface area contributed by atoms with Gasteiger partial charge in [0.05, 0.1) is 6.54 Å². The molecule has 0 fully saturated rings. The number of nitrogens with zero attached hydrogens (tertiary/aromatic N) is 2. The highest BCUT2D eigenvalue weighted by molar-refractivity contribution is 5.83. The Kier molecular flexibility index (Phi) is 2.37. The second-order valence-electron chi connectivity index (χ2n) is 2.10. The van der Waals surface area contributed by atoms with Crippen molar-refractivity contribution in [1.29, 1.82) is 0 Å². The predicted molar refractivity (Wildman–Crippen MR) is 35.2 cm³/mol. The van der Waals surface area contributed by atoms with E-state index in [4.69, 9.17) is 5.11 Å². The zero-order chi connectivity index (χ0) is 9.14. The van der Waals surface area contributed by atoms with E-state index in [2.05, 4.69) is 4.98 Å².